The molecule has 154 valence electrons. The Balaban J connectivity index is 1.68. The number of aromatic hydroxyl groups is 1. The van der Waals surface area contributed by atoms with E-state index in [1.54, 1.807) is 23.1 Å². The molecule has 1 fully saturated rings. The first kappa shape index (κ1) is 19.3. The molecule has 29 heavy (non-hydrogen) atoms. The van der Waals surface area contributed by atoms with Crippen molar-refractivity contribution in [3.63, 3.8) is 0 Å². The van der Waals surface area contributed by atoms with Crippen LogP contribution >= 0.6 is 0 Å². The van der Waals surface area contributed by atoms with Gasteiger partial charge in [-0.25, -0.2) is 9.78 Å². The van der Waals surface area contributed by atoms with E-state index in [2.05, 4.69) is 15.3 Å². The number of rotatable bonds is 1. The maximum absolute atomic E-state index is 12.7. The van der Waals surface area contributed by atoms with Crippen molar-refractivity contribution in [2.45, 2.75) is 44.6 Å². The fourth-order valence-electron chi connectivity index (χ4n) is 4.19. The predicted molar refractivity (Wildman–Crippen MR) is 107 cm³/mol. The number of aromatic nitrogens is 2. The number of pyridine rings is 1. The van der Waals surface area contributed by atoms with Gasteiger partial charge in [0.2, 0.25) is 5.88 Å². The molecule has 0 radical (unpaired) electrons. The molecule has 0 bridgehead atoms. The summed E-state index contributed by atoms with van der Waals surface area (Å²) >= 11 is 0. The Morgan fingerprint density at radius 1 is 1.34 bits per heavy atom. The van der Waals surface area contributed by atoms with Crippen LogP contribution in [0.5, 0.6) is 5.88 Å². The van der Waals surface area contributed by atoms with E-state index in [-0.39, 0.29) is 17.9 Å². The van der Waals surface area contributed by atoms with Crippen molar-refractivity contribution in [3.05, 3.63) is 35.7 Å². The van der Waals surface area contributed by atoms with Crippen LogP contribution in [0.2, 0.25) is 0 Å². The molecule has 0 saturated carbocycles. The maximum Gasteiger partial charge on any atom is 0.410 e. The van der Waals surface area contributed by atoms with Gasteiger partial charge in [-0.05, 0) is 45.7 Å². The average molecular weight is 398 g/mol. The van der Waals surface area contributed by atoms with Gasteiger partial charge in [-0.3, -0.25) is 4.79 Å². The monoisotopic (exact) mass is 398 g/mol. The zero-order valence-corrected chi connectivity index (χ0v) is 16.9. The number of amides is 2. The summed E-state index contributed by atoms with van der Waals surface area (Å²) < 4.78 is 5.56. The lowest BCUT2D eigenvalue weighted by atomic mass is 9.74. The quantitative estimate of drug-likeness (QED) is 0.685. The molecular formula is C21H26N4O4. The summed E-state index contributed by atoms with van der Waals surface area (Å²) in [6, 6.07) is 5.12. The molecule has 2 aliphatic heterocycles. The molecule has 4 rings (SSSR count). The van der Waals surface area contributed by atoms with Crippen LogP contribution in [0.15, 0.2) is 24.4 Å². The highest BCUT2D eigenvalue weighted by Crippen LogP contribution is 2.39. The van der Waals surface area contributed by atoms with Crippen LogP contribution in [-0.4, -0.2) is 57.2 Å². The average Bonchev–Trinajstić information content (AvgIpc) is 3.11. The SMILES string of the molecule is CC(C)(C)OC(=O)N1CCCC2(CNC(=O)c3cc(-c4ccnc(O)c4)[nH]c32)C1. The number of fused-ring (bicyclic) bond motifs is 2. The maximum atomic E-state index is 12.7. The second-order valence-electron chi connectivity index (χ2n) is 8.84. The van der Waals surface area contributed by atoms with E-state index in [0.717, 1.165) is 29.8 Å². The van der Waals surface area contributed by atoms with Gasteiger partial charge in [-0.2, -0.15) is 0 Å². The Hall–Kier alpha value is -3.03. The molecule has 2 aromatic rings. The molecule has 1 atom stereocenters. The minimum Gasteiger partial charge on any atom is -0.493 e. The van der Waals surface area contributed by atoms with E-state index in [1.807, 2.05) is 20.8 Å². The number of H-pyrrole nitrogens is 1. The van der Waals surface area contributed by atoms with Gasteiger partial charge in [0.25, 0.3) is 5.91 Å². The standard InChI is InChI=1S/C21H26N4O4/c1-20(2,3)29-19(28)25-8-4-6-21(12-25)11-23-18(27)14-10-15(24-17(14)21)13-5-7-22-16(26)9-13/h5,7,9-10,24H,4,6,8,11-12H2,1-3H3,(H,22,26)(H,23,27). The molecule has 2 amide bonds. The number of nitrogens with one attached hydrogen (secondary N) is 2. The van der Waals surface area contributed by atoms with E-state index in [1.165, 1.54) is 6.20 Å². The molecule has 8 nitrogen and oxygen atoms in total. The molecule has 2 aliphatic rings. The molecule has 1 saturated heterocycles. The first-order valence-corrected chi connectivity index (χ1v) is 9.82. The second kappa shape index (κ2) is 6.79. The Labute approximate surface area is 169 Å². The van der Waals surface area contributed by atoms with Crippen LogP contribution in [-0.2, 0) is 10.2 Å². The van der Waals surface area contributed by atoms with Crippen LogP contribution in [0.4, 0.5) is 4.79 Å². The van der Waals surface area contributed by atoms with Crippen LogP contribution in [0, 0.1) is 0 Å². The smallest absolute Gasteiger partial charge is 0.410 e. The summed E-state index contributed by atoms with van der Waals surface area (Å²) in [5.41, 5.74) is 1.94. The zero-order chi connectivity index (χ0) is 20.8. The molecule has 4 heterocycles. The van der Waals surface area contributed by atoms with Gasteiger partial charge in [0.05, 0.1) is 5.56 Å². The van der Waals surface area contributed by atoms with Crippen LogP contribution < -0.4 is 5.32 Å². The summed E-state index contributed by atoms with van der Waals surface area (Å²) in [6.07, 6.45) is 2.85. The largest absolute Gasteiger partial charge is 0.493 e. The number of piperidine rings is 1. The number of carbonyl (C=O) groups excluding carboxylic acids is 2. The fraction of sp³-hybridized carbons (Fsp3) is 0.476. The zero-order valence-electron chi connectivity index (χ0n) is 16.9. The lowest BCUT2D eigenvalue weighted by Crippen LogP contribution is -2.57. The van der Waals surface area contributed by atoms with Crippen molar-refractivity contribution in [1.29, 1.82) is 0 Å². The van der Waals surface area contributed by atoms with E-state index >= 15 is 0 Å². The van der Waals surface area contributed by atoms with Gasteiger partial charge < -0.3 is 25.0 Å². The van der Waals surface area contributed by atoms with Crippen molar-refractivity contribution in [1.82, 2.24) is 20.2 Å². The van der Waals surface area contributed by atoms with Crippen molar-refractivity contribution < 1.29 is 19.4 Å². The normalized spacial score (nSPS) is 21.6. The van der Waals surface area contributed by atoms with Crippen LogP contribution in [0.25, 0.3) is 11.3 Å². The van der Waals surface area contributed by atoms with Gasteiger partial charge in [0, 0.05) is 54.3 Å². The highest BCUT2D eigenvalue weighted by molar-refractivity contribution is 5.98. The molecule has 2 aromatic heterocycles. The molecule has 3 N–H and O–H groups in total. The number of carbonyl (C=O) groups is 2. The minimum absolute atomic E-state index is 0.0806. The molecule has 8 heteroatoms. The highest BCUT2D eigenvalue weighted by atomic mass is 16.6. The lowest BCUT2D eigenvalue weighted by molar-refractivity contribution is 0.0128. The van der Waals surface area contributed by atoms with Crippen molar-refractivity contribution in [3.8, 4) is 17.1 Å². The van der Waals surface area contributed by atoms with E-state index in [4.69, 9.17) is 4.74 Å². The van der Waals surface area contributed by atoms with Gasteiger partial charge in [0.15, 0.2) is 0 Å². The van der Waals surface area contributed by atoms with Crippen LogP contribution in [0.1, 0.15) is 49.7 Å². The number of ether oxygens (including phenoxy) is 1. The molecule has 0 aliphatic carbocycles. The van der Waals surface area contributed by atoms with Gasteiger partial charge in [-0.15, -0.1) is 0 Å². The van der Waals surface area contributed by atoms with Crippen molar-refractivity contribution in [2.24, 2.45) is 0 Å². The van der Waals surface area contributed by atoms with E-state index < -0.39 is 11.0 Å². The molecular weight excluding hydrogens is 372 g/mol. The number of aromatic amines is 1. The van der Waals surface area contributed by atoms with Crippen molar-refractivity contribution in [2.75, 3.05) is 19.6 Å². The topological polar surface area (TPSA) is 108 Å². The van der Waals surface area contributed by atoms with Crippen LogP contribution in [0.3, 0.4) is 0 Å². The first-order valence-electron chi connectivity index (χ1n) is 9.82. The number of nitrogens with zero attached hydrogens (tertiary/aromatic N) is 2. The van der Waals surface area contributed by atoms with Gasteiger partial charge in [0.1, 0.15) is 5.60 Å². The Morgan fingerprint density at radius 3 is 2.86 bits per heavy atom. The third-order valence-electron chi connectivity index (χ3n) is 5.47. The van der Waals surface area contributed by atoms with Gasteiger partial charge in [-0.1, -0.05) is 0 Å². The molecule has 0 aromatic carbocycles. The molecule has 1 spiro atoms. The minimum atomic E-state index is -0.559. The predicted octanol–water partition coefficient (Wildman–Crippen LogP) is 2.79. The third kappa shape index (κ3) is 3.66. The number of likely N-dealkylation sites (tertiary alicyclic amines) is 1. The second-order valence-corrected chi connectivity index (χ2v) is 8.84. The van der Waals surface area contributed by atoms with E-state index in [9.17, 15) is 14.7 Å². The Morgan fingerprint density at radius 2 is 2.14 bits per heavy atom. The summed E-state index contributed by atoms with van der Waals surface area (Å²) in [5, 5.41) is 12.7. The van der Waals surface area contributed by atoms with E-state index in [0.29, 0.717) is 25.2 Å². The first-order chi connectivity index (χ1) is 13.7. The van der Waals surface area contributed by atoms with Crippen molar-refractivity contribution >= 4 is 12.0 Å². The van der Waals surface area contributed by atoms with Gasteiger partial charge >= 0.3 is 6.09 Å². The number of hydrogen-bond donors (Lipinski definition) is 3. The third-order valence-corrected chi connectivity index (χ3v) is 5.47. The summed E-state index contributed by atoms with van der Waals surface area (Å²) in [7, 11) is 0. The lowest BCUT2D eigenvalue weighted by Gasteiger charge is -2.44. The molecule has 1 unspecified atom stereocenters. The number of hydrogen-bond acceptors (Lipinski definition) is 5. The Bertz CT molecular complexity index is 962. The summed E-state index contributed by atoms with van der Waals surface area (Å²) in [6.45, 7) is 7.11. The summed E-state index contributed by atoms with van der Waals surface area (Å²) in [5.74, 6) is -0.219. The Kier molecular flexibility index (Phi) is 4.52. The highest BCUT2D eigenvalue weighted by Gasteiger charge is 2.45. The summed E-state index contributed by atoms with van der Waals surface area (Å²) in [4.78, 5) is 34.1. The fourth-order valence-corrected chi connectivity index (χ4v) is 4.19.